The molecule has 0 amide bonds. The molecule has 0 aliphatic rings. The minimum atomic E-state index is -1.49. The Morgan fingerprint density at radius 1 is 0.361 bits per heavy atom. The largest absolute Gasteiger partial charge is 0.507 e. The van der Waals surface area contributed by atoms with Gasteiger partial charge >= 0.3 is 23.9 Å². The molecule has 4 aromatic carbocycles. The summed E-state index contributed by atoms with van der Waals surface area (Å²) < 4.78 is 23.1. The zero-order chi connectivity index (χ0) is 45.0. The number of rotatable bonds is 20. The SMILES string of the molecule is Cc1cc(CCC(=O)OCC(COC(=O)CCc2cc(C)c(O)c(C)c2)(COC(=O)CCc2cc(C)c(O)c(C)c2)COC(=O)CCc2cc(C)c(O)c(C)c2)cc(C)c1O. The molecule has 4 aromatic rings. The van der Waals surface area contributed by atoms with Crippen molar-refractivity contribution >= 4 is 23.9 Å². The van der Waals surface area contributed by atoms with Gasteiger partial charge in [-0.3, -0.25) is 19.2 Å². The van der Waals surface area contributed by atoms with Gasteiger partial charge in [0.05, 0.1) is 0 Å². The number of ether oxygens (including phenoxy) is 4. The van der Waals surface area contributed by atoms with Crippen LogP contribution in [0.3, 0.4) is 0 Å². The molecule has 12 nitrogen and oxygen atoms in total. The molecule has 328 valence electrons. The van der Waals surface area contributed by atoms with Gasteiger partial charge in [-0.2, -0.15) is 0 Å². The maximum absolute atomic E-state index is 13.3. The van der Waals surface area contributed by atoms with E-state index in [4.69, 9.17) is 18.9 Å². The summed E-state index contributed by atoms with van der Waals surface area (Å²) in [5.74, 6) is -1.63. The van der Waals surface area contributed by atoms with Gasteiger partial charge in [-0.1, -0.05) is 48.5 Å². The second-order valence-corrected chi connectivity index (χ2v) is 16.5. The van der Waals surface area contributed by atoms with Crippen LogP contribution >= 0.6 is 0 Å². The summed E-state index contributed by atoms with van der Waals surface area (Å²) in [6.07, 6.45) is 1.15. The van der Waals surface area contributed by atoms with Crippen molar-refractivity contribution in [3.8, 4) is 23.0 Å². The molecule has 0 bridgehead atoms. The van der Waals surface area contributed by atoms with E-state index in [1.807, 2.05) is 0 Å². The first-order valence-corrected chi connectivity index (χ1v) is 20.5. The normalized spacial score (nSPS) is 11.3. The monoisotopic (exact) mass is 840 g/mol. The number of carbonyl (C=O) groups is 4. The Hall–Kier alpha value is -6.04. The molecule has 0 atom stereocenters. The van der Waals surface area contributed by atoms with Crippen LogP contribution in [-0.2, 0) is 63.8 Å². The minimum absolute atomic E-state index is 0.0263. The van der Waals surface area contributed by atoms with Crippen molar-refractivity contribution < 1.29 is 58.6 Å². The van der Waals surface area contributed by atoms with E-state index in [1.165, 1.54) is 0 Å². The molecule has 0 unspecified atom stereocenters. The molecule has 0 saturated heterocycles. The highest BCUT2D eigenvalue weighted by atomic mass is 16.6. The third-order valence-corrected chi connectivity index (χ3v) is 10.8. The van der Waals surface area contributed by atoms with E-state index >= 15 is 0 Å². The first-order chi connectivity index (χ1) is 28.7. The van der Waals surface area contributed by atoms with E-state index in [-0.39, 0.29) is 48.7 Å². The van der Waals surface area contributed by atoms with Gasteiger partial charge in [0.1, 0.15) is 54.8 Å². The zero-order valence-electron chi connectivity index (χ0n) is 36.7. The number of hydrogen-bond acceptors (Lipinski definition) is 12. The van der Waals surface area contributed by atoms with Crippen LogP contribution in [0.4, 0.5) is 0 Å². The van der Waals surface area contributed by atoms with Gasteiger partial charge in [0.15, 0.2) is 0 Å². The Balaban J connectivity index is 1.54. The summed E-state index contributed by atoms with van der Waals surface area (Å²) in [5, 5.41) is 40.8. The van der Waals surface area contributed by atoms with Crippen molar-refractivity contribution in [2.75, 3.05) is 26.4 Å². The van der Waals surface area contributed by atoms with Crippen LogP contribution in [0.2, 0.25) is 0 Å². The summed E-state index contributed by atoms with van der Waals surface area (Å²) in [4.78, 5) is 53.1. The molecule has 0 aliphatic heterocycles. The number of phenolic OH excluding ortho intramolecular Hbond substituents is 4. The minimum Gasteiger partial charge on any atom is -0.507 e. The van der Waals surface area contributed by atoms with Crippen LogP contribution < -0.4 is 0 Å². The lowest BCUT2D eigenvalue weighted by Gasteiger charge is -2.31. The Labute approximate surface area is 358 Å². The van der Waals surface area contributed by atoms with Crippen LogP contribution in [0.15, 0.2) is 48.5 Å². The molecular weight excluding hydrogens is 781 g/mol. The van der Waals surface area contributed by atoms with E-state index in [0.29, 0.717) is 70.2 Å². The van der Waals surface area contributed by atoms with Gasteiger partial charge in [-0.15, -0.1) is 0 Å². The molecule has 0 radical (unpaired) electrons. The van der Waals surface area contributed by atoms with E-state index in [2.05, 4.69) is 0 Å². The topological polar surface area (TPSA) is 186 Å². The first-order valence-electron chi connectivity index (χ1n) is 20.5. The second kappa shape index (κ2) is 21.5. The number of hydrogen-bond donors (Lipinski definition) is 4. The van der Waals surface area contributed by atoms with Gasteiger partial charge in [-0.05, 0) is 148 Å². The van der Waals surface area contributed by atoms with E-state index in [9.17, 15) is 39.6 Å². The highest BCUT2D eigenvalue weighted by molar-refractivity contribution is 5.72. The first kappa shape index (κ1) is 47.6. The number of carbonyl (C=O) groups excluding carboxylic acids is 4. The molecule has 4 rings (SSSR count). The van der Waals surface area contributed by atoms with E-state index < -0.39 is 55.7 Å². The summed E-state index contributed by atoms with van der Waals surface area (Å²) >= 11 is 0. The average molecular weight is 841 g/mol. The van der Waals surface area contributed by atoms with Crippen molar-refractivity contribution in [2.45, 2.75) is 107 Å². The Kier molecular flexibility index (Phi) is 16.8. The fourth-order valence-electron chi connectivity index (χ4n) is 7.22. The highest BCUT2D eigenvalue weighted by Crippen LogP contribution is 2.28. The van der Waals surface area contributed by atoms with Crippen molar-refractivity contribution in [1.29, 1.82) is 0 Å². The lowest BCUT2D eigenvalue weighted by atomic mass is 9.92. The van der Waals surface area contributed by atoms with Crippen molar-refractivity contribution in [3.05, 3.63) is 115 Å². The van der Waals surface area contributed by atoms with Crippen LogP contribution in [0.25, 0.3) is 0 Å². The summed E-state index contributed by atoms with van der Waals surface area (Å²) in [6, 6.07) is 14.3. The molecule has 4 N–H and O–H groups in total. The quantitative estimate of drug-likeness (QED) is 0.0498. The number of benzene rings is 4. The fourth-order valence-corrected chi connectivity index (χ4v) is 7.22. The van der Waals surface area contributed by atoms with Crippen molar-refractivity contribution in [1.82, 2.24) is 0 Å². The maximum Gasteiger partial charge on any atom is 0.306 e. The Morgan fingerprint density at radius 2 is 0.525 bits per heavy atom. The molecule has 61 heavy (non-hydrogen) atoms. The Bertz CT molecular complexity index is 1830. The van der Waals surface area contributed by atoms with Gasteiger partial charge in [0.2, 0.25) is 0 Å². The van der Waals surface area contributed by atoms with E-state index in [1.54, 1.807) is 104 Å². The van der Waals surface area contributed by atoms with Crippen LogP contribution in [-0.4, -0.2) is 70.7 Å². The number of aryl methyl sites for hydroxylation is 12. The average Bonchev–Trinajstić information content (AvgIpc) is 3.21. The second-order valence-electron chi connectivity index (χ2n) is 16.5. The van der Waals surface area contributed by atoms with Crippen molar-refractivity contribution in [2.24, 2.45) is 5.41 Å². The number of aromatic hydroxyl groups is 4. The lowest BCUT2D eigenvalue weighted by Crippen LogP contribution is -2.44. The zero-order valence-corrected chi connectivity index (χ0v) is 36.7. The third-order valence-electron chi connectivity index (χ3n) is 10.8. The number of phenols is 4. The highest BCUT2D eigenvalue weighted by Gasteiger charge is 2.38. The van der Waals surface area contributed by atoms with Gasteiger partial charge in [0.25, 0.3) is 0 Å². The number of esters is 4. The lowest BCUT2D eigenvalue weighted by molar-refractivity contribution is -0.170. The van der Waals surface area contributed by atoms with Crippen LogP contribution in [0.1, 0.15) is 92.4 Å². The van der Waals surface area contributed by atoms with Gasteiger partial charge in [-0.25, -0.2) is 0 Å². The predicted octanol–water partition coefficient (Wildman–Crippen LogP) is 7.97. The molecule has 0 fully saturated rings. The van der Waals surface area contributed by atoms with Crippen molar-refractivity contribution in [3.63, 3.8) is 0 Å². The molecule has 0 aromatic heterocycles. The molecule has 0 spiro atoms. The molecule has 0 saturated carbocycles. The Morgan fingerprint density at radius 3 is 0.689 bits per heavy atom. The fraction of sp³-hybridized carbons (Fsp3) is 0.429. The van der Waals surface area contributed by atoms with Crippen LogP contribution in [0.5, 0.6) is 23.0 Å². The van der Waals surface area contributed by atoms with Gasteiger partial charge in [0, 0.05) is 25.7 Å². The molecular formula is C49H60O12. The predicted molar refractivity (Wildman–Crippen MR) is 230 cm³/mol. The maximum atomic E-state index is 13.3. The third kappa shape index (κ3) is 14.0. The van der Waals surface area contributed by atoms with Crippen LogP contribution in [0, 0.1) is 60.8 Å². The van der Waals surface area contributed by atoms with Gasteiger partial charge < -0.3 is 39.4 Å². The summed E-state index contributed by atoms with van der Waals surface area (Å²) in [6.45, 7) is 12.5. The standard InChI is InChI=1S/C49H60O12/c1-29-17-37(18-30(2)45(29)54)9-13-41(50)58-25-49(26-59-42(51)14-10-38-19-31(3)46(55)32(4)20-38,27-60-43(52)15-11-39-21-33(5)47(56)34(6)22-39)28-61-44(53)16-12-40-23-35(7)48(57)36(8)24-40/h17-24,54-57H,9-16,25-28H2,1-8H3. The van der Waals surface area contributed by atoms with E-state index in [0.717, 1.165) is 22.3 Å². The molecule has 0 aliphatic carbocycles. The molecule has 12 heteroatoms. The molecule has 0 heterocycles. The summed E-state index contributed by atoms with van der Waals surface area (Å²) in [5.41, 5.74) is 7.21. The smallest absolute Gasteiger partial charge is 0.306 e. The summed E-state index contributed by atoms with van der Waals surface area (Å²) in [7, 11) is 0.